The molecule has 1 aliphatic rings. The molecule has 3 aromatic carbocycles. The SMILES string of the molecule is CCOc1ccc(N2C(=O)NC(=O)/C(=C\c3ccc(OCC(=O)Nc4ccc(F)cc4)c(Cl)c3)C2=O)cc1. The second-order valence-electron chi connectivity index (χ2n) is 7.92. The fourth-order valence-electron chi connectivity index (χ4n) is 3.51. The monoisotopic (exact) mass is 537 g/mol. The standard InChI is InChI=1S/C27H21ClFN3O6/c1-2-37-20-10-8-19(9-11-20)32-26(35)21(25(34)31-27(32)36)13-16-3-12-23(22(28)14-16)38-15-24(33)30-18-6-4-17(29)5-7-18/h3-14H,2,15H2,1H3,(H,30,33)(H,31,34,36)/b21-13+. The molecule has 11 heteroatoms. The smallest absolute Gasteiger partial charge is 0.335 e. The van der Waals surface area contributed by atoms with Gasteiger partial charge in [-0.25, -0.2) is 14.1 Å². The van der Waals surface area contributed by atoms with Gasteiger partial charge in [0, 0.05) is 5.69 Å². The number of carbonyl (C=O) groups excluding carboxylic acids is 4. The van der Waals surface area contributed by atoms with Crippen LogP contribution in [0.25, 0.3) is 6.08 Å². The zero-order valence-corrected chi connectivity index (χ0v) is 20.8. The van der Waals surface area contributed by atoms with Gasteiger partial charge in [0.25, 0.3) is 17.7 Å². The Kier molecular flexibility index (Phi) is 8.03. The number of ether oxygens (including phenoxy) is 2. The summed E-state index contributed by atoms with van der Waals surface area (Å²) in [5, 5.41) is 4.84. The number of nitrogens with one attached hydrogen (secondary N) is 2. The third kappa shape index (κ3) is 6.16. The fourth-order valence-corrected chi connectivity index (χ4v) is 3.76. The van der Waals surface area contributed by atoms with Crippen molar-refractivity contribution in [2.75, 3.05) is 23.4 Å². The van der Waals surface area contributed by atoms with Crippen LogP contribution in [0, 0.1) is 5.82 Å². The van der Waals surface area contributed by atoms with E-state index in [1.54, 1.807) is 12.1 Å². The first-order valence-corrected chi connectivity index (χ1v) is 11.7. The molecule has 2 N–H and O–H groups in total. The second kappa shape index (κ2) is 11.6. The number of hydrogen-bond acceptors (Lipinski definition) is 6. The molecule has 0 atom stereocenters. The minimum Gasteiger partial charge on any atom is -0.494 e. The topological polar surface area (TPSA) is 114 Å². The summed E-state index contributed by atoms with van der Waals surface area (Å²) in [6.07, 6.45) is 1.29. The Labute approximate surface area is 221 Å². The summed E-state index contributed by atoms with van der Waals surface area (Å²) in [4.78, 5) is 50.9. The van der Waals surface area contributed by atoms with E-state index in [-0.39, 0.29) is 28.6 Å². The number of carbonyl (C=O) groups is 4. The van der Waals surface area contributed by atoms with E-state index in [2.05, 4.69) is 10.6 Å². The van der Waals surface area contributed by atoms with E-state index >= 15 is 0 Å². The van der Waals surface area contributed by atoms with Crippen LogP contribution in [0.15, 0.2) is 72.3 Å². The maximum absolute atomic E-state index is 13.1. The largest absolute Gasteiger partial charge is 0.494 e. The van der Waals surface area contributed by atoms with Gasteiger partial charge in [-0.2, -0.15) is 0 Å². The summed E-state index contributed by atoms with van der Waals surface area (Å²) in [5.41, 5.74) is 0.774. The lowest BCUT2D eigenvalue weighted by molar-refractivity contribution is -0.122. The van der Waals surface area contributed by atoms with Crippen LogP contribution in [0.3, 0.4) is 0 Å². The van der Waals surface area contributed by atoms with Crippen LogP contribution in [0.1, 0.15) is 12.5 Å². The van der Waals surface area contributed by atoms with Crippen molar-refractivity contribution in [3.05, 3.63) is 88.7 Å². The average molecular weight is 538 g/mol. The molecule has 0 saturated carbocycles. The summed E-state index contributed by atoms with van der Waals surface area (Å²) in [6, 6.07) is 15.1. The quantitative estimate of drug-likeness (QED) is 0.321. The van der Waals surface area contributed by atoms with Gasteiger partial charge in [0.1, 0.15) is 22.9 Å². The number of anilines is 2. The number of hydrogen-bond donors (Lipinski definition) is 2. The Hall–Kier alpha value is -4.70. The van der Waals surface area contributed by atoms with Gasteiger partial charge in [-0.3, -0.25) is 19.7 Å². The van der Waals surface area contributed by atoms with Crippen molar-refractivity contribution >= 4 is 52.8 Å². The summed E-state index contributed by atoms with van der Waals surface area (Å²) in [5.74, 6) is -1.81. The highest BCUT2D eigenvalue weighted by atomic mass is 35.5. The summed E-state index contributed by atoms with van der Waals surface area (Å²) < 4.78 is 23.8. The van der Waals surface area contributed by atoms with E-state index in [1.165, 1.54) is 60.7 Å². The minimum atomic E-state index is -0.873. The van der Waals surface area contributed by atoms with Crippen molar-refractivity contribution in [3.8, 4) is 11.5 Å². The minimum absolute atomic E-state index is 0.122. The van der Waals surface area contributed by atoms with Crippen molar-refractivity contribution in [3.63, 3.8) is 0 Å². The number of nitrogens with zero attached hydrogens (tertiary/aromatic N) is 1. The van der Waals surface area contributed by atoms with Crippen LogP contribution in [0.5, 0.6) is 11.5 Å². The normalized spacial score (nSPS) is 14.3. The number of benzene rings is 3. The highest BCUT2D eigenvalue weighted by molar-refractivity contribution is 6.39. The predicted molar refractivity (Wildman–Crippen MR) is 139 cm³/mol. The molecule has 5 amide bonds. The van der Waals surface area contributed by atoms with Gasteiger partial charge in [0.2, 0.25) is 0 Å². The molecule has 0 aliphatic carbocycles. The molecular weight excluding hydrogens is 517 g/mol. The van der Waals surface area contributed by atoms with E-state index < -0.39 is 29.6 Å². The van der Waals surface area contributed by atoms with Gasteiger partial charge >= 0.3 is 6.03 Å². The van der Waals surface area contributed by atoms with Crippen LogP contribution in [-0.4, -0.2) is 37.0 Å². The Morgan fingerprint density at radius 1 is 1.03 bits per heavy atom. The molecule has 4 rings (SSSR count). The highest BCUT2D eigenvalue weighted by Crippen LogP contribution is 2.28. The molecule has 3 aromatic rings. The number of amides is 5. The summed E-state index contributed by atoms with van der Waals surface area (Å²) >= 11 is 6.28. The lowest BCUT2D eigenvalue weighted by Crippen LogP contribution is -2.54. The van der Waals surface area contributed by atoms with Crippen LogP contribution >= 0.6 is 11.6 Å². The van der Waals surface area contributed by atoms with Crippen molar-refractivity contribution < 1.29 is 33.0 Å². The van der Waals surface area contributed by atoms with Gasteiger partial charge in [-0.15, -0.1) is 0 Å². The zero-order valence-electron chi connectivity index (χ0n) is 20.0. The fraction of sp³-hybridized carbons (Fsp3) is 0.111. The molecule has 194 valence electrons. The first kappa shape index (κ1) is 26.4. The number of rotatable bonds is 8. The van der Waals surface area contributed by atoms with Gasteiger partial charge in [-0.05, 0) is 79.2 Å². The van der Waals surface area contributed by atoms with Crippen LogP contribution in [0.2, 0.25) is 5.02 Å². The average Bonchev–Trinajstić information content (AvgIpc) is 2.88. The Bertz CT molecular complexity index is 1420. The molecule has 0 unspecified atom stereocenters. The Morgan fingerprint density at radius 3 is 2.39 bits per heavy atom. The molecular formula is C27H21ClFN3O6. The molecule has 0 aromatic heterocycles. The van der Waals surface area contributed by atoms with Gasteiger partial charge in [-0.1, -0.05) is 17.7 Å². The van der Waals surface area contributed by atoms with Crippen LogP contribution in [0.4, 0.5) is 20.6 Å². The molecule has 9 nitrogen and oxygen atoms in total. The van der Waals surface area contributed by atoms with Crippen LogP contribution in [-0.2, 0) is 14.4 Å². The zero-order chi connectivity index (χ0) is 27.2. The summed E-state index contributed by atoms with van der Waals surface area (Å²) in [6.45, 7) is 1.92. The van der Waals surface area contributed by atoms with E-state index in [1.807, 2.05) is 6.92 Å². The van der Waals surface area contributed by atoms with Gasteiger partial charge in [0.15, 0.2) is 6.61 Å². The van der Waals surface area contributed by atoms with Crippen molar-refractivity contribution in [1.82, 2.24) is 5.32 Å². The van der Waals surface area contributed by atoms with Crippen molar-refractivity contribution in [2.24, 2.45) is 0 Å². The predicted octanol–water partition coefficient (Wildman–Crippen LogP) is 4.56. The van der Waals surface area contributed by atoms with Crippen LogP contribution < -0.4 is 25.0 Å². The van der Waals surface area contributed by atoms with Gasteiger partial charge in [0.05, 0.1) is 17.3 Å². The van der Waals surface area contributed by atoms with E-state index in [0.29, 0.717) is 23.6 Å². The highest BCUT2D eigenvalue weighted by Gasteiger charge is 2.36. The van der Waals surface area contributed by atoms with Crippen molar-refractivity contribution in [2.45, 2.75) is 6.92 Å². The van der Waals surface area contributed by atoms with E-state index in [4.69, 9.17) is 21.1 Å². The molecule has 1 aliphatic heterocycles. The Balaban J connectivity index is 1.46. The molecule has 0 radical (unpaired) electrons. The molecule has 0 bridgehead atoms. The lowest BCUT2D eigenvalue weighted by Gasteiger charge is -2.26. The molecule has 0 spiro atoms. The van der Waals surface area contributed by atoms with Gasteiger partial charge < -0.3 is 14.8 Å². The molecule has 1 fully saturated rings. The third-order valence-corrected chi connectivity index (χ3v) is 5.56. The lowest BCUT2D eigenvalue weighted by atomic mass is 10.1. The molecule has 1 saturated heterocycles. The van der Waals surface area contributed by atoms with Crippen molar-refractivity contribution in [1.29, 1.82) is 0 Å². The number of imide groups is 2. The van der Waals surface area contributed by atoms with E-state index in [0.717, 1.165) is 4.90 Å². The Morgan fingerprint density at radius 2 is 1.74 bits per heavy atom. The number of urea groups is 1. The maximum atomic E-state index is 13.1. The van der Waals surface area contributed by atoms with E-state index in [9.17, 15) is 23.6 Å². The first-order valence-electron chi connectivity index (χ1n) is 11.4. The third-order valence-electron chi connectivity index (χ3n) is 5.26. The molecule has 1 heterocycles. The number of barbiturate groups is 1. The first-order chi connectivity index (χ1) is 18.2. The second-order valence-corrected chi connectivity index (χ2v) is 8.33. The molecule has 38 heavy (non-hydrogen) atoms. The number of halogens is 2. The summed E-state index contributed by atoms with van der Waals surface area (Å²) in [7, 11) is 0. The maximum Gasteiger partial charge on any atom is 0.335 e.